The van der Waals surface area contributed by atoms with Crippen molar-refractivity contribution >= 4 is 55.2 Å². The van der Waals surface area contributed by atoms with Crippen molar-refractivity contribution < 1.29 is 28.6 Å². The maximum atomic E-state index is 14.1. The van der Waals surface area contributed by atoms with E-state index in [0.717, 1.165) is 58.8 Å². The highest BCUT2D eigenvalue weighted by Gasteiger charge is 2.27. The van der Waals surface area contributed by atoms with Crippen molar-refractivity contribution in [2.75, 3.05) is 82.4 Å². The fourth-order valence-corrected chi connectivity index (χ4v) is 9.15. The maximum absolute atomic E-state index is 14.1. The number of amides is 2. The Balaban J connectivity index is 1.05. The molecule has 3 aromatic carbocycles. The monoisotopic (exact) mass is 880 g/mol. The number of benzene rings is 3. The molecule has 0 spiro atoms. The van der Waals surface area contributed by atoms with Crippen molar-refractivity contribution in [2.45, 2.75) is 58.9 Å². The van der Waals surface area contributed by atoms with Crippen LogP contribution in [-0.4, -0.2) is 120 Å². The lowest BCUT2D eigenvalue weighted by Gasteiger charge is -2.32. The van der Waals surface area contributed by atoms with Gasteiger partial charge in [-0.05, 0) is 131 Å². The second-order valence-electron chi connectivity index (χ2n) is 17.9. The number of ether oxygens (including phenoxy) is 3. The van der Waals surface area contributed by atoms with E-state index < -0.39 is 21.6 Å². The van der Waals surface area contributed by atoms with Crippen molar-refractivity contribution in [3.8, 4) is 5.75 Å². The first-order valence-corrected chi connectivity index (χ1v) is 25.2. The largest absolute Gasteiger partial charge is 0.494 e. The van der Waals surface area contributed by atoms with E-state index in [9.17, 15) is 14.4 Å². The summed E-state index contributed by atoms with van der Waals surface area (Å²) in [6.45, 7) is 11.2. The highest BCUT2D eigenvalue weighted by atomic mass is 32.3. The van der Waals surface area contributed by atoms with Crippen molar-refractivity contribution in [3.05, 3.63) is 117 Å². The first kappa shape index (κ1) is 45.0. The van der Waals surface area contributed by atoms with Crippen LogP contribution < -0.4 is 14.4 Å². The minimum Gasteiger partial charge on any atom is -0.494 e. The first-order chi connectivity index (χ1) is 29.6. The fourth-order valence-electron chi connectivity index (χ4n) is 7.52. The molecule has 0 atom stereocenters. The number of likely N-dealkylation sites (N-methyl/N-ethyl adjacent to an activating group) is 1. The van der Waals surface area contributed by atoms with Gasteiger partial charge in [0, 0.05) is 56.1 Å². The van der Waals surface area contributed by atoms with Crippen LogP contribution in [-0.2, 0) is 35.6 Å². The third kappa shape index (κ3) is 11.5. The molecule has 1 saturated heterocycles. The van der Waals surface area contributed by atoms with Crippen LogP contribution in [0.2, 0.25) is 0 Å². The topological polar surface area (TPSA) is 119 Å². The Labute approximate surface area is 370 Å². The van der Waals surface area contributed by atoms with Gasteiger partial charge >= 0.3 is 5.97 Å². The van der Waals surface area contributed by atoms with Gasteiger partial charge < -0.3 is 28.9 Å². The molecule has 62 heavy (non-hydrogen) atoms. The van der Waals surface area contributed by atoms with E-state index in [4.69, 9.17) is 24.2 Å². The number of piperazine rings is 1. The molecule has 7 rings (SSSR count). The van der Waals surface area contributed by atoms with Crippen molar-refractivity contribution in [1.82, 2.24) is 19.4 Å². The van der Waals surface area contributed by atoms with Crippen LogP contribution in [0.3, 0.4) is 0 Å². The number of carbonyl (C=O) groups is 3. The van der Waals surface area contributed by atoms with Gasteiger partial charge in [0.15, 0.2) is 10.5 Å². The van der Waals surface area contributed by atoms with Crippen LogP contribution in [0.15, 0.2) is 83.9 Å². The van der Waals surface area contributed by atoms with Gasteiger partial charge in [-0.15, -0.1) is 0 Å². The molecule has 1 fully saturated rings. The molecule has 0 N–H and O–H groups in total. The van der Waals surface area contributed by atoms with Crippen LogP contribution in [0.5, 0.6) is 5.75 Å². The van der Waals surface area contributed by atoms with E-state index in [1.807, 2.05) is 103 Å². The summed E-state index contributed by atoms with van der Waals surface area (Å²) in [7, 11) is 1.37. The summed E-state index contributed by atoms with van der Waals surface area (Å²) < 4.78 is 21.1. The minimum atomic E-state index is -0.706. The fraction of sp³-hybridized carbons (Fsp3) is 0.438. The van der Waals surface area contributed by atoms with Gasteiger partial charge in [0.25, 0.3) is 11.8 Å². The Kier molecular flexibility index (Phi) is 14.2. The zero-order chi connectivity index (χ0) is 44.0. The van der Waals surface area contributed by atoms with E-state index in [1.54, 1.807) is 0 Å². The molecule has 0 saturated carbocycles. The van der Waals surface area contributed by atoms with E-state index >= 15 is 0 Å². The second kappa shape index (κ2) is 19.6. The van der Waals surface area contributed by atoms with Gasteiger partial charge in [0.1, 0.15) is 23.9 Å². The highest BCUT2D eigenvalue weighted by molar-refractivity contribution is 8.32. The number of pyridine rings is 1. The number of carbonyl (C=O) groups excluding carboxylic acids is 3. The first-order valence-electron chi connectivity index (χ1n) is 21.3. The molecule has 2 amide bonds. The number of aromatic nitrogens is 2. The number of nitrogens with zero attached hydrogens (tertiary/aromatic N) is 6. The van der Waals surface area contributed by atoms with Gasteiger partial charge in [0.2, 0.25) is 0 Å². The Morgan fingerprint density at radius 1 is 0.871 bits per heavy atom. The Morgan fingerprint density at radius 3 is 2.37 bits per heavy atom. The summed E-state index contributed by atoms with van der Waals surface area (Å²) in [6, 6.07) is 25.1. The number of para-hydroxylation sites is 1. The summed E-state index contributed by atoms with van der Waals surface area (Å²) in [6.07, 6.45) is 8.71. The van der Waals surface area contributed by atoms with Gasteiger partial charge in [-0.2, -0.15) is 4.99 Å². The quantitative estimate of drug-likeness (QED) is 0.0830. The number of esters is 1. The lowest BCUT2D eigenvalue weighted by molar-refractivity contribution is 0.00611. The molecule has 2 aromatic heterocycles. The molecule has 2 aliphatic rings. The third-order valence-electron chi connectivity index (χ3n) is 11.0. The molecule has 5 aromatic rings. The molecular weight excluding hydrogens is 821 g/mol. The molecule has 12 nitrogen and oxygen atoms in total. The molecular formula is C48H60N6O6S2. The average Bonchev–Trinajstić information content (AvgIpc) is 3.59. The van der Waals surface area contributed by atoms with E-state index in [-0.39, 0.29) is 17.5 Å². The summed E-state index contributed by atoms with van der Waals surface area (Å²) in [5, 5.41) is 0. The smallest absolute Gasteiger partial charge is 0.357 e. The number of aryl methyl sites for hydroxylation is 1. The lowest BCUT2D eigenvalue weighted by atomic mass is 9.94. The van der Waals surface area contributed by atoms with E-state index in [2.05, 4.69) is 41.7 Å². The van der Waals surface area contributed by atoms with E-state index in [0.29, 0.717) is 79.8 Å². The molecule has 0 aliphatic carbocycles. The Bertz CT molecular complexity index is 2460. The van der Waals surface area contributed by atoms with Crippen molar-refractivity contribution in [3.63, 3.8) is 0 Å². The maximum Gasteiger partial charge on any atom is 0.357 e. The van der Waals surface area contributed by atoms with Crippen LogP contribution in [0.1, 0.15) is 75.1 Å². The van der Waals surface area contributed by atoms with Gasteiger partial charge in [-0.3, -0.25) is 14.2 Å². The molecule has 0 radical (unpaired) electrons. The summed E-state index contributed by atoms with van der Waals surface area (Å²) in [5.41, 5.74) is 4.52. The average molecular weight is 881 g/mol. The summed E-state index contributed by atoms with van der Waals surface area (Å²) in [4.78, 5) is 57.3. The standard InChI is InChI=1S/C48H60N6O6S2/c1-48(2,3)60-46(57)43-35(13-11-29-59-37-20-17-36(18-21-37)45(56)52-27-25-51(4)26-28-52)19-22-42(49-43)53-24-23-34-12-10-14-38(39(34)32-53)44(55)50-47-54(33-58-30-31-62(5,6)7)40-15-8-9-16-41(40)61-47/h8-10,12,14-22H,11,13,23-33H2,1-7H3. The molecule has 14 heteroatoms. The lowest BCUT2D eigenvalue weighted by Crippen LogP contribution is -2.47. The van der Waals surface area contributed by atoms with Crippen molar-refractivity contribution in [1.29, 1.82) is 0 Å². The number of thiazole rings is 1. The predicted molar refractivity (Wildman–Crippen MR) is 250 cm³/mol. The number of rotatable bonds is 14. The van der Waals surface area contributed by atoms with E-state index in [1.165, 1.54) is 11.3 Å². The van der Waals surface area contributed by atoms with Crippen LogP contribution in [0, 0.1) is 0 Å². The number of hydrogen-bond acceptors (Lipinski definition) is 10. The minimum absolute atomic E-state index is 0.0402. The molecule has 4 heterocycles. The number of fused-ring (bicyclic) bond motifs is 2. The summed E-state index contributed by atoms with van der Waals surface area (Å²) >= 11 is 1.48. The molecule has 330 valence electrons. The highest BCUT2D eigenvalue weighted by Crippen LogP contribution is 2.34. The zero-order valence-electron chi connectivity index (χ0n) is 37.1. The Morgan fingerprint density at radius 2 is 1.63 bits per heavy atom. The second-order valence-corrected chi connectivity index (χ2v) is 23.5. The van der Waals surface area contributed by atoms with Gasteiger partial charge in [0.05, 0.1) is 23.4 Å². The van der Waals surface area contributed by atoms with Gasteiger partial charge in [-0.1, -0.05) is 41.7 Å². The molecule has 2 aliphatic heterocycles. The van der Waals surface area contributed by atoms with Crippen molar-refractivity contribution in [2.24, 2.45) is 4.99 Å². The zero-order valence-corrected chi connectivity index (χ0v) is 38.8. The Hall–Kier alpha value is -5.02. The summed E-state index contributed by atoms with van der Waals surface area (Å²) in [5.74, 6) is 1.57. The van der Waals surface area contributed by atoms with Gasteiger partial charge in [-0.25, -0.2) is 19.8 Å². The van der Waals surface area contributed by atoms with Crippen LogP contribution in [0.25, 0.3) is 10.2 Å². The normalized spacial score (nSPS) is 15.4. The predicted octanol–water partition coefficient (Wildman–Crippen LogP) is 7.42. The third-order valence-corrected chi connectivity index (χ3v) is 13.4. The number of anilines is 1. The molecule has 0 unspecified atom stereocenters. The SMILES string of the molecule is CN1CCN(C(=O)c2ccc(OCCCc3ccc(N4CCc5cccc(C(=O)N=c6sc7ccccc7n6COCCS(C)(C)C)c5C4)nc3C(=O)OC(C)(C)C)cc2)CC1. The molecule has 0 bridgehead atoms. The van der Waals surface area contributed by atoms with Crippen LogP contribution >= 0.6 is 21.4 Å². The number of hydrogen-bond donors (Lipinski definition) is 0. The van der Waals surface area contributed by atoms with Crippen LogP contribution in [0.4, 0.5) is 5.82 Å².